The molecular formula is C11H23NO2S. The van der Waals surface area contributed by atoms with Gasteiger partial charge < -0.3 is 5.32 Å². The first-order valence-corrected chi connectivity index (χ1v) is 7.89. The number of rotatable bonds is 5. The molecule has 0 bridgehead atoms. The van der Waals surface area contributed by atoms with Gasteiger partial charge in [0.1, 0.15) is 9.84 Å². The molecule has 0 amide bonds. The van der Waals surface area contributed by atoms with E-state index in [1.807, 2.05) is 0 Å². The van der Waals surface area contributed by atoms with Crippen molar-refractivity contribution in [2.24, 2.45) is 5.92 Å². The van der Waals surface area contributed by atoms with Crippen LogP contribution in [0.3, 0.4) is 0 Å². The van der Waals surface area contributed by atoms with Crippen LogP contribution in [0.4, 0.5) is 0 Å². The first-order chi connectivity index (χ1) is 7.04. The maximum atomic E-state index is 11.4. The Morgan fingerprint density at radius 3 is 2.67 bits per heavy atom. The normalized spacial score (nSPS) is 27.9. The third kappa shape index (κ3) is 4.51. The molecule has 0 spiro atoms. The van der Waals surface area contributed by atoms with E-state index in [4.69, 9.17) is 0 Å². The highest BCUT2D eigenvalue weighted by atomic mass is 32.2. The van der Waals surface area contributed by atoms with Crippen molar-refractivity contribution in [2.45, 2.75) is 44.3 Å². The van der Waals surface area contributed by atoms with Crippen LogP contribution in [0.25, 0.3) is 0 Å². The quantitative estimate of drug-likeness (QED) is 0.734. The summed E-state index contributed by atoms with van der Waals surface area (Å²) in [5, 5.41) is 3.30. The first kappa shape index (κ1) is 13.0. The van der Waals surface area contributed by atoms with Gasteiger partial charge in [-0.05, 0) is 44.7 Å². The summed E-state index contributed by atoms with van der Waals surface area (Å²) >= 11 is 0. The van der Waals surface area contributed by atoms with Crippen molar-refractivity contribution in [3.05, 3.63) is 0 Å². The summed E-state index contributed by atoms with van der Waals surface area (Å²) in [7, 11) is -2.82. The highest BCUT2D eigenvalue weighted by Crippen LogP contribution is 2.27. The van der Waals surface area contributed by atoms with Crippen LogP contribution in [0.15, 0.2) is 0 Å². The average molecular weight is 233 g/mol. The van der Waals surface area contributed by atoms with Crippen LogP contribution in [0.5, 0.6) is 0 Å². The minimum atomic E-state index is -2.82. The summed E-state index contributed by atoms with van der Waals surface area (Å²) in [6, 6.07) is 0. The highest BCUT2D eigenvalue weighted by Gasteiger charge is 2.28. The molecule has 1 rings (SSSR count). The van der Waals surface area contributed by atoms with Crippen molar-refractivity contribution in [1.29, 1.82) is 0 Å². The van der Waals surface area contributed by atoms with E-state index < -0.39 is 9.84 Å². The Morgan fingerprint density at radius 2 is 2.07 bits per heavy atom. The largest absolute Gasteiger partial charge is 0.316 e. The van der Waals surface area contributed by atoms with Crippen LogP contribution in [0.1, 0.15) is 39.0 Å². The van der Waals surface area contributed by atoms with E-state index in [9.17, 15) is 8.42 Å². The summed E-state index contributed by atoms with van der Waals surface area (Å²) in [6.45, 7) is 4.17. The molecule has 0 aromatic rings. The molecule has 90 valence electrons. The lowest BCUT2D eigenvalue weighted by molar-refractivity contribution is 0.342. The van der Waals surface area contributed by atoms with E-state index in [1.54, 1.807) is 0 Å². The van der Waals surface area contributed by atoms with Crippen LogP contribution in [0.2, 0.25) is 0 Å². The SMILES string of the molecule is CCCNCC1CCCC(S(C)(=O)=O)C1. The van der Waals surface area contributed by atoms with Gasteiger partial charge >= 0.3 is 0 Å². The average Bonchev–Trinajstić information content (AvgIpc) is 2.17. The first-order valence-electron chi connectivity index (χ1n) is 5.93. The van der Waals surface area contributed by atoms with Crippen molar-refractivity contribution < 1.29 is 8.42 Å². The summed E-state index contributed by atoms with van der Waals surface area (Å²) < 4.78 is 22.9. The standard InChI is InChI=1S/C11H23NO2S/c1-3-7-12-9-10-5-4-6-11(8-10)15(2,13)14/h10-12H,3-9H2,1-2H3. The number of hydrogen-bond donors (Lipinski definition) is 1. The summed E-state index contributed by atoms with van der Waals surface area (Å²) in [4.78, 5) is 0. The molecule has 1 fully saturated rings. The fourth-order valence-corrected chi connectivity index (χ4v) is 3.52. The third-order valence-corrected chi connectivity index (χ3v) is 4.84. The number of nitrogens with one attached hydrogen (secondary N) is 1. The molecule has 0 aromatic carbocycles. The lowest BCUT2D eigenvalue weighted by Crippen LogP contribution is -2.33. The van der Waals surface area contributed by atoms with E-state index >= 15 is 0 Å². The Bertz CT molecular complexity index is 274. The van der Waals surface area contributed by atoms with Gasteiger partial charge in [-0.1, -0.05) is 13.3 Å². The number of hydrogen-bond acceptors (Lipinski definition) is 3. The van der Waals surface area contributed by atoms with Gasteiger partial charge in [-0.2, -0.15) is 0 Å². The molecule has 1 aliphatic rings. The van der Waals surface area contributed by atoms with E-state index in [0.29, 0.717) is 5.92 Å². The molecule has 1 saturated carbocycles. The predicted molar refractivity (Wildman–Crippen MR) is 63.8 cm³/mol. The summed E-state index contributed by atoms with van der Waals surface area (Å²) in [6.07, 6.45) is 6.49. The minimum absolute atomic E-state index is 0.0836. The Morgan fingerprint density at radius 1 is 1.33 bits per heavy atom. The molecule has 0 saturated heterocycles. The maximum Gasteiger partial charge on any atom is 0.150 e. The van der Waals surface area contributed by atoms with Crippen molar-refractivity contribution >= 4 is 9.84 Å². The molecule has 15 heavy (non-hydrogen) atoms. The van der Waals surface area contributed by atoms with Crippen molar-refractivity contribution in [2.75, 3.05) is 19.3 Å². The molecule has 0 aliphatic heterocycles. The van der Waals surface area contributed by atoms with Crippen molar-refractivity contribution in [1.82, 2.24) is 5.32 Å². The van der Waals surface area contributed by atoms with Gasteiger partial charge in [-0.15, -0.1) is 0 Å². The predicted octanol–water partition coefficient (Wildman–Crippen LogP) is 1.59. The lowest BCUT2D eigenvalue weighted by atomic mass is 9.89. The lowest BCUT2D eigenvalue weighted by Gasteiger charge is -2.28. The van der Waals surface area contributed by atoms with Gasteiger partial charge in [0.05, 0.1) is 5.25 Å². The second kappa shape index (κ2) is 5.85. The monoisotopic (exact) mass is 233 g/mol. The molecule has 3 nitrogen and oxygen atoms in total. The Hall–Kier alpha value is -0.0900. The van der Waals surface area contributed by atoms with Crippen LogP contribution < -0.4 is 5.32 Å². The zero-order valence-corrected chi connectivity index (χ0v) is 10.6. The molecule has 2 unspecified atom stereocenters. The molecule has 4 heteroatoms. The zero-order valence-electron chi connectivity index (χ0n) is 9.83. The van der Waals surface area contributed by atoms with E-state index in [-0.39, 0.29) is 5.25 Å². The molecule has 0 aromatic heterocycles. The van der Waals surface area contributed by atoms with Crippen LogP contribution in [-0.4, -0.2) is 33.0 Å². The van der Waals surface area contributed by atoms with Gasteiger partial charge in [-0.25, -0.2) is 8.42 Å². The smallest absolute Gasteiger partial charge is 0.150 e. The highest BCUT2D eigenvalue weighted by molar-refractivity contribution is 7.91. The summed E-state index contributed by atoms with van der Waals surface area (Å²) in [5.41, 5.74) is 0. The Labute approximate surface area is 93.6 Å². The molecule has 2 atom stereocenters. The fraction of sp³-hybridized carbons (Fsp3) is 1.00. The molecule has 0 heterocycles. The van der Waals surface area contributed by atoms with Gasteiger partial charge in [0.2, 0.25) is 0 Å². The van der Waals surface area contributed by atoms with Gasteiger partial charge in [0, 0.05) is 6.26 Å². The number of sulfone groups is 1. The maximum absolute atomic E-state index is 11.4. The van der Waals surface area contributed by atoms with E-state index in [0.717, 1.165) is 38.8 Å². The van der Waals surface area contributed by atoms with Crippen LogP contribution in [-0.2, 0) is 9.84 Å². The topological polar surface area (TPSA) is 46.2 Å². The van der Waals surface area contributed by atoms with Crippen LogP contribution >= 0.6 is 0 Å². The second-order valence-electron chi connectivity index (χ2n) is 4.69. The molecule has 0 radical (unpaired) electrons. The molecular weight excluding hydrogens is 210 g/mol. The van der Waals surface area contributed by atoms with Crippen molar-refractivity contribution in [3.8, 4) is 0 Å². The van der Waals surface area contributed by atoms with Crippen LogP contribution in [0, 0.1) is 5.92 Å². The zero-order chi connectivity index (χ0) is 11.3. The second-order valence-corrected chi connectivity index (χ2v) is 7.01. The summed E-state index contributed by atoms with van der Waals surface area (Å²) in [5.74, 6) is 0.560. The Kier molecular flexibility index (Phi) is 5.06. The fourth-order valence-electron chi connectivity index (χ4n) is 2.30. The van der Waals surface area contributed by atoms with Gasteiger partial charge in [-0.3, -0.25) is 0 Å². The minimum Gasteiger partial charge on any atom is -0.316 e. The van der Waals surface area contributed by atoms with Crippen molar-refractivity contribution in [3.63, 3.8) is 0 Å². The van der Waals surface area contributed by atoms with Gasteiger partial charge in [0.25, 0.3) is 0 Å². The Balaban J connectivity index is 2.36. The van der Waals surface area contributed by atoms with E-state index in [2.05, 4.69) is 12.2 Å². The third-order valence-electron chi connectivity index (χ3n) is 3.20. The molecule has 1 aliphatic carbocycles. The van der Waals surface area contributed by atoms with Gasteiger partial charge in [0.15, 0.2) is 0 Å². The van der Waals surface area contributed by atoms with E-state index in [1.165, 1.54) is 12.7 Å². The molecule has 1 N–H and O–H groups in total.